The van der Waals surface area contributed by atoms with Crippen molar-refractivity contribution in [3.8, 4) is 17.2 Å². The van der Waals surface area contributed by atoms with Gasteiger partial charge in [0.15, 0.2) is 6.61 Å². The number of hydrogen-bond donors (Lipinski definition) is 1. The number of hydrogen-bond acceptors (Lipinski definition) is 5. The molecule has 4 aromatic carbocycles. The van der Waals surface area contributed by atoms with Gasteiger partial charge in [-0.25, -0.2) is 4.79 Å². The van der Waals surface area contributed by atoms with Crippen molar-refractivity contribution in [2.45, 2.75) is 58.3 Å². The first-order valence-electron chi connectivity index (χ1n) is 15.8. The van der Waals surface area contributed by atoms with Gasteiger partial charge in [0, 0.05) is 38.9 Å². The predicted molar refractivity (Wildman–Crippen MR) is 191 cm³/mol. The fraction of sp³-hybridized carbons (Fsp3) is 0.308. The molecule has 4 atom stereocenters. The van der Waals surface area contributed by atoms with Crippen molar-refractivity contribution in [2.24, 2.45) is 5.92 Å². The van der Waals surface area contributed by atoms with E-state index in [9.17, 15) is 9.90 Å². The van der Waals surface area contributed by atoms with Gasteiger partial charge in [0.25, 0.3) is 0 Å². The van der Waals surface area contributed by atoms with Gasteiger partial charge in [-0.1, -0.05) is 71.2 Å². The lowest BCUT2D eigenvalue weighted by Crippen LogP contribution is -2.37. The van der Waals surface area contributed by atoms with E-state index in [2.05, 4.69) is 6.58 Å². The Balaban J connectivity index is 1.46. The second kappa shape index (κ2) is 16.1. The maximum Gasteiger partial charge on any atom is 0.341 e. The van der Waals surface area contributed by atoms with Crippen molar-refractivity contribution in [1.82, 2.24) is 0 Å². The molecule has 1 N–H and O–H groups in total. The molecule has 5 rings (SSSR count). The predicted octanol–water partition coefficient (Wildman–Crippen LogP) is 10.6. The summed E-state index contributed by atoms with van der Waals surface area (Å²) in [5, 5.41) is 11.5. The number of carboxylic acids is 1. The summed E-state index contributed by atoms with van der Waals surface area (Å²) in [6, 6.07) is 24.6. The average molecular weight is 710 g/mol. The minimum absolute atomic E-state index is 0.0187. The molecule has 9 heteroatoms. The molecule has 48 heavy (non-hydrogen) atoms. The summed E-state index contributed by atoms with van der Waals surface area (Å²) < 4.78 is 25.3. The number of carboxylic acid groups (broad SMARTS) is 1. The van der Waals surface area contributed by atoms with Crippen molar-refractivity contribution < 1.29 is 28.8 Å². The summed E-state index contributed by atoms with van der Waals surface area (Å²) in [7, 11) is 0. The van der Waals surface area contributed by atoms with Crippen LogP contribution in [0.2, 0.25) is 15.1 Å². The molecule has 1 fully saturated rings. The highest BCUT2D eigenvalue weighted by Crippen LogP contribution is 2.49. The molecule has 0 unspecified atom stereocenters. The van der Waals surface area contributed by atoms with Crippen LogP contribution in [0.1, 0.15) is 59.6 Å². The second-order valence-corrected chi connectivity index (χ2v) is 13.5. The lowest BCUT2D eigenvalue weighted by Gasteiger charge is -2.43. The lowest BCUT2D eigenvalue weighted by atomic mass is 9.75. The number of aryl methyl sites for hydroxylation is 2. The minimum atomic E-state index is -1.07. The quantitative estimate of drug-likeness (QED) is 0.139. The van der Waals surface area contributed by atoms with Gasteiger partial charge in [0.05, 0.1) is 18.8 Å². The Kier molecular flexibility index (Phi) is 12.0. The number of carbonyl (C=O) groups is 1. The van der Waals surface area contributed by atoms with E-state index >= 15 is 0 Å². The summed E-state index contributed by atoms with van der Waals surface area (Å²) in [4.78, 5) is 11.5. The maximum absolute atomic E-state index is 11.5. The normalized spacial score (nSPS) is 19.0. The van der Waals surface area contributed by atoms with E-state index in [1.807, 2.05) is 87.5 Å². The molecule has 0 radical (unpaired) electrons. The average Bonchev–Trinajstić information content (AvgIpc) is 3.06. The van der Waals surface area contributed by atoms with Crippen LogP contribution in [0.3, 0.4) is 0 Å². The van der Waals surface area contributed by atoms with Crippen molar-refractivity contribution in [3.63, 3.8) is 0 Å². The zero-order valence-electron chi connectivity index (χ0n) is 27.2. The standard InChI is InChI=1S/C39H39Cl3O6/c1-23(2)32-20-33(27-7-11-29(41)12-8-27)36(15-16-45-31-17-24(3)38(42)25(4)18-31)48-39(32)34-19-30(13-14-35(34)47-22-37(43)44)46-21-26-5-9-28(40)10-6-26/h5-14,17-19,32-33,36,39H,1,15-16,20-22H2,2-4H3,(H,43,44)/t32-,33-,36+,39+/m0/s1. The maximum atomic E-state index is 11.5. The Bertz CT molecular complexity index is 1720. The van der Waals surface area contributed by atoms with Gasteiger partial charge in [-0.05, 0) is 104 Å². The topological polar surface area (TPSA) is 74.2 Å². The summed E-state index contributed by atoms with van der Waals surface area (Å²) in [6.07, 6.45) is 0.580. The number of ether oxygens (including phenoxy) is 4. The van der Waals surface area contributed by atoms with E-state index in [-0.39, 0.29) is 17.9 Å². The van der Waals surface area contributed by atoms with E-state index in [1.165, 1.54) is 0 Å². The molecule has 0 aliphatic carbocycles. The van der Waals surface area contributed by atoms with Gasteiger partial charge in [-0.2, -0.15) is 0 Å². The summed E-state index contributed by atoms with van der Waals surface area (Å²) in [5.41, 5.74) is 5.61. The third-order valence-electron chi connectivity index (χ3n) is 8.61. The van der Waals surface area contributed by atoms with Crippen molar-refractivity contribution >= 4 is 40.8 Å². The van der Waals surface area contributed by atoms with Gasteiger partial charge >= 0.3 is 5.97 Å². The number of rotatable bonds is 13. The van der Waals surface area contributed by atoms with Crippen LogP contribution in [0.4, 0.5) is 0 Å². The SMILES string of the molecule is C=C(C)[C@@H]1C[C@@H](c2ccc(Cl)cc2)[C@@H](CCOc2cc(C)c(Cl)c(C)c2)O[C@H]1c1cc(OCc2ccc(Cl)cc2)ccc1OCC(=O)O. The molecule has 0 aromatic heterocycles. The summed E-state index contributed by atoms with van der Waals surface area (Å²) in [6.45, 7) is 10.5. The third-order valence-corrected chi connectivity index (χ3v) is 9.71. The van der Waals surface area contributed by atoms with E-state index in [1.54, 1.807) is 12.1 Å². The number of benzene rings is 4. The first kappa shape index (κ1) is 35.6. The molecule has 0 bridgehead atoms. The molecule has 1 aliphatic heterocycles. The monoisotopic (exact) mass is 708 g/mol. The first-order chi connectivity index (χ1) is 23.0. The van der Waals surface area contributed by atoms with E-state index in [4.69, 9.17) is 53.8 Å². The second-order valence-electron chi connectivity index (χ2n) is 12.2. The van der Waals surface area contributed by atoms with Crippen LogP contribution >= 0.6 is 34.8 Å². The van der Waals surface area contributed by atoms with Gasteiger partial charge in [-0.3, -0.25) is 0 Å². The van der Waals surface area contributed by atoms with Crippen molar-refractivity contribution in [3.05, 3.63) is 134 Å². The fourth-order valence-corrected chi connectivity index (χ4v) is 6.51. The van der Waals surface area contributed by atoms with Gasteiger partial charge in [0.2, 0.25) is 0 Å². The van der Waals surface area contributed by atoms with Crippen molar-refractivity contribution in [1.29, 1.82) is 0 Å². The van der Waals surface area contributed by atoms with Crippen LogP contribution < -0.4 is 14.2 Å². The van der Waals surface area contributed by atoms with Crippen LogP contribution in [-0.4, -0.2) is 30.4 Å². The minimum Gasteiger partial charge on any atom is -0.493 e. The molecule has 1 saturated heterocycles. The Labute approximate surface area is 297 Å². The zero-order valence-corrected chi connectivity index (χ0v) is 29.4. The molecule has 0 saturated carbocycles. The molecule has 0 amide bonds. The Morgan fingerprint density at radius 3 is 2.15 bits per heavy atom. The van der Waals surface area contributed by atoms with Crippen LogP contribution in [0.5, 0.6) is 17.2 Å². The molecule has 6 nitrogen and oxygen atoms in total. The van der Waals surface area contributed by atoms with Crippen LogP contribution in [0.25, 0.3) is 0 Å². The highest BCUT2D eigenvalue weighted by molar-refractivity contribution is 6.32. The van der Waals surface area contributed by atoms with Crippen LogP contribution in [0, 0.1) is 19.8 Å². The zero-order chi connectivity index (χ0) is 34.4. The fourth-order valence-electron chi connectivity index (χ4n) is 6.15. The molecule has 1 aliphatic rings. The number of halogens is 3. The third kappa shape index (κ3) is 9.06. The van der Waals surface area contributed by atoms with E-state index in [0.29, 0.717) is 46.7 Å². The molecular weight excluding hydrogens is 671 g/mol. The summed E-state index contributed by atoms with van der Waals surface area (Å²) in [5.74, 6) is 0.600. The smallest absolute Gasteiger partial charge is 0.341 e. The first-order valence-corrected chi connectivity index (χ1v) is 16.9. The molecule has 252 valence electrons. The van der Waals surface area contributed by atoms with Crippen LogP contribution in [0.15, 0.2) is 91.0 Å². The number of aliphatic carboxylic acids is 1. The summed E-state index contributed by atoms with van der Waals surface area (Å²) >= 11 is 18.7. The largest absolute Gasteiger partial charge is 0.493 e. The molecule has 4 aromatic rings. The molecule has 0 spiro atoms. The Morgan fingerprint density at radius 1 is 0.875 bits per heavy atom. The van der Waals surface area contributed by atoms with Crippen LogP contribution in [-0.2, 0) is 16.1 Å². The van der Waals surface area contributed by atoms with Gasteiger partial charge in [0.1, 0.15) is 23.9 Å². The highest BCUT2D eigenvalue weighted by atomic mass is 35.5. The Hall–Kier alpha value is -3.68. The highest BCUT2D eigenvalue weighted by Gasteiger charge is 2.41. The molecule has 1 heterocycles. The Morgan fingerprint density at radius 2 is 1.52 bits per heavy atom. The lowest BCUT2D eigenvalue weighted by molar-refractivity contribution is -0.139. The van der Waals surface area contributed by atoms with E-state index < -0.39 is 18.7 Å². The van der Waals surface area contributed by atoms with Gasteiger partial charge < -0.3 is 24.1 Å². The van der Waals surface area contributed by atoms with Crippen molar-refractivity contribution in [2.75, 3.05) is 13.2 Å². The van der Waals surface area contributed by atoms with E-state index in [0.717, 1.165) is 45.0 Å². The van der Waals surface area contributed by atoms with Gasteiger partial charge in [-0.15, -0.1) is 0 Å². The molecular formula is C39H39Cl3O6.